The van der Waals surface area contributed by atoms with E-state index in [0.717, 1.165) is 64.1 Å². The van der Waals surface area contributed by atoms with Crippen LogP contribution in [0.2, 0.25) is 0 Å². The molecule has 0 spiro atoms. The highest BCUT2D eigenvalue weighted by molar-refractivity contribution is 5.91. The van der Waals surface area contributed by atoms with Crippen molar-refractivity contribution in [3.05, 3.63) is 53.4 Å². The lowest BCUT2D eigenvalue weighted by Gasteiger charge is -2.31. The number of piperidine rings is 2. The summed E-state index contributed by atoms with van der Waals surface area (Å²) in [5, 5.41) is 4.26. The molecule has 2 aliphatic heterocycles. The van der Waals surface area contributed by atoms with Gasteiger partial charge in [-0.05, 0) is 43.7 Å². The predicted molar refractivity (Wildman–Crippen MR) is 104 cm³/mol. The Morgan fingerprint density at radius 2 is 1.93 bits per heavy atom. The highest BCUT2D eigenvalue weighted by atomic mass is 16.5. The number of benzene rings is 1. The molecule has 1 amide bonds. The lowest BCUT2D eigenvalue weighted by atomic mass is 9.94. The molecule has 1 aromatic heterocycles. The van der Waals surface area contributed by atoms with Crippen LogP contribution >= 0.6 is 0 Å². The van der Waals surface area contributed by atoms with Gasteiger partial charge in [0.25, 0.3) is 5.91 Å². The van der Waals surface area contributed by atoms with Crippen LogP contribution < -0.4 is 0 Å². The summed E-state index contributed by atoms with van der Waals surface area (Å²) in [6.07, 6.45) is 4.40. The van der Waals surface area contributed by atoms with E-state index in [0.29, 0.717) is 17.6 Å². The number of amides is 1. The molecule has 0 bridgehead atoms. The Balaban J connectivity index is 1.38. The van der Waals surface area contributed by atoms with Gasteiger partial charge >= 0.3 is 0 Å². The number of hydrogen-bond acceptors (Lipinski definition) is 4. The maximum absolute atomic E-state index is 12.7. The average molecular weight is 367 g/mol. The van der Waals surface area contributed by atoms with Crippen molar-refractivity contribution < 1.29 is 9.32 Å². The zero-order chi connectivity index (χ0) is 18.6. The van der Waals surface area contributed by atoms with Crippen molar-refractivity contribution in [3.8, 4) is 0 Å². The molecule has 0 saturated carbocycles. The molecule has 3 heterocycles. The van der Waals surface area contributed by atoms with Gasteiger partial charge in [0.15, 0.2) is 0 Å². The van der Waals surface area contributed by atoms with E-state index < -0.39 is 0 Å². The van der Waals surface area contributed by atoms with Gasteiger partial charge in [0, 0.05) is 38.2 Å². The van der Waals surface area contributed by atoms with Gasteiger partial charge < -0.3 is 9.42 Å². The third-order valence-corrected chi connectivity index (χ3v) is 5.98. The number of carbonyl (C=O) groups excluding carboxylic acids is 1. The first kappa shape index (κ1) is 18.2. The van der Waals surface area contributed by atoms with Gasteiger partial charge in [-0.1, -0.05) is 42.4 Å². The van der Waals surface area contributed by atoms with Crippen molar-refractivity contribution in [1.82, 2.24) is 15.0 Å². The van der Waals surface area contributed by atoms with E-state index in [9.17, 15) is 4.79 Å². The van der Waals surface area contributed by atoms with Gasteiger partial charge in [-0.25, -0.2) is 0 Å². The molecule has 144 valence electrons. The van der Waals surface area contributed by atoms with Crippen molar-refractivity contribution in [2.45, 2.75) is 45.1 Å². The zero-order valence-electron chi connectivity index (χ0n) is 16.1. The van der Waals surface area contributed by atoms with Gasteiger partial charge in [0.2, 0.25) is 5.76 Å². The lowest BCUT2D eigenvalue weighted by Crippen LogP contribution is -2.37. The van der Waals surface area contributed by atoms with E-state index in [1.165, 1.54) is 5.56 Å². The van der Waals surface area contributed by atoms with Crippen molar-refractivity contribution in [2.75, 3.05) is 26.2 Å². The second-order valence-corrected chi connectivity index (χ2v) is 8.15. The molecular formula is C22H29N3O2. The van der Waals surface area contributed by atoms with Crippen LogP contribution in [-0.4, -0.2) is 47.0 Å². The third-order valence-electron chi connectivity index (χ3n) is 5.98. The second kappa shape index (κ2) is 8.26. The quantitative estimate of drug-likeness (QED) is 0.822. The number of carbonyl (C=O) groups is 1. The lowest BCUT2D eigenvalue weighted by molar-refractivity contribution is 0.0655. The molecule has 0 N–H and O–H groups in total. The minimum Gasteiger partial charge on any atom is -0.351 e. The second-order valence-electron chi connectivity index (χ2n) is 8.15. The first-order valence-corrected chi connectivity index (χ1v) is 10.2. The third kappa shape index (κ3) is 4.41. The van der Waals surface area contributed by atoms with E-state index in [1.807, 2.05) is 11.0 Å². The first-order valence-electron chi connectivity index (χ1n) is 10.2. The van der Waals surface area contributed by atoms with E-state index in [2.05, 4.69) is 47.3 Å². The Morgan fingerprint density at radius 1 is 1.15 bits per heavy atom. The van der Waals surface area contributed by atoms with Crippen LogP contribution in [-0.2, 0) is 6.54 Å². The fraction of sp³-hybridized carbons (Fsp3) is 0.545. The molecule has 0 radical (unpaired) electrons. The van der Waals surface area contributed by atoms with Gasteiger partial charge in [-0.15, -0.1) is 0 Å². The minimum absolute atomic E-state index is 0.00222. The van der Waals surface area contributed by atoms with Gasteiger partial charge in [0.05, 0.1) is 5.69 Å². The van der Waals surface area contributed by atoms with Crippen molar-refractivity contribution in [2.24, 2.45) is 5.92 Å². The van der Waals surface area contributed by atoms with Crippen LogP contribution in [0.25, 0.3) is 0 Å². The molecule has 2 aromatic rings. The number of likely N-dealkylation sites (tertiary alicyclic amines) is 2. The molecular weight excluding hydrogens is 338 g/mol. The summed E-state index contributed by atoms with van der Waals surface area (Å²) in [7, 11) is 0. The maximum atomic E-state index is 12.7. The summed E-state index contributed by atoms with van der Waals surface area (Å²) < 4.78 is 5.45. The molecule has 1 atom stereocenters. The Hall–Kier alpha value is -2.14. The molecule has 1 aromatic carbocycles. The zero-order valence-corrected chi connectivity index (χ0v) is 16.1. The van der Waals surface area contributed by atoms with Crippen LogP contribution in [0, 0.1) is 5.92 Å². The van der Waals surface area contributed by atoms with Crippen LogP contribution in [0.3, 0.4) is 0 Å². The monoisotopic (exact) mass is 367 g/mol. The first-order chi connectivity index (χ1) is 13.2. The van der Waals surface area contributed by atoms with Gasteiger partial charge in [-0.3, -0.25) is 9.69 Å². The molecule has 4 rings (SSSR count). The fourth-order valence-electron chi connectivity index (χ4n) is 4.23. The summed E-state index contributed by atoms with van der Waals surface area (Å²) in [6, 6.07) is 12.5. The molecule has 2 saturated heterocycles. The van der Waals surface area contributed by atoms with Crippen LogP contribution in [0.1, 0.15) is 60.3 Å². The summed E-state index contributed by atoms with van der Waals surface area (Å²) >= 11 is 0. The van der Waals surface area contributed by atoms with Crippen LogP contribution in [0.5, 0.6) is 0 Å². The maximum Gasteiger partial charge on any atom is 0.292 e. The summed E-state index contributed by atoms with van der Waals surface area (Å²) in [4.78, 5) is 17.1. The predicted octanol–water partition coefficient (Wildman–Crippen LogP) is 3.93. The summed E-state index contributed by atoms with van der Waals surface area (Å²) in [5.74, 6) is 1.45. The Morgan fingerprint density at radius 3 is 2.70 bits per heavy atom. The number of rotatable bonds is 4. The van der Waals surface area contributed by atoms with Gasteiger partial charge in [0.1, 0.15) is 0 Å². The van der Waals surface area contributed by atoms with Crippen molar-refractivity contribution in [1.29, 1.82) is 0 Å². The Labute approximate surface area is 161 Å². The van der Waals surface area contributed by atoms with Gasteiger partial charge in [-0.2, -0.15) is 0 Å². The molecule has 5 nitrogen and oxygen atoms in total. The van der Waals surface area contributed by atoms with E-state index in [-0.39, 0.29) is 5.91 Å². The molecule has 2 aliphatic rings. The van der Waals surface area contributed by atoms with E-state index in [4.69, 9.17) is 4.52 Å². The largest absolute Gasteiger partial charge is 0.351 e. The highest BCUT2D eigenvalue weighted by Crippen LogP contribution is 2.28. The number of hydrogen-bond donors (Lipinski definition) is 0. The molecule has 5 heteroatoms. The normalized spacial score (nSPS) is 22.1. The van der Waals surface area contributed by atoms with Crippen molar-refractivity contribution >= 4 is 5.91 Å². The summed E-state index contributed by atoms with van der Waals surface area (Å²) in [6.45, 7) is 6.94. The molecule has 27 heavy (non-hydrogen) atoms. The molecule has 1 unspecified atom stereocenters. The fourth-order valence-corrected chi connectivity index (χ4v) is 4.23. The van der Waals surface area contributed by atoms with Crippen molar-refractivity contribution in [3.63, 3.8) is 0 Å². The Bertz CT molecular complexity index is 750. The number of aromatic nitrogens is 1. The Kier molecular flexibility index (Phi) is 5.58. The molecule has 0 aliphatic carbocycles. The number of nitrogens with zero attached hydrogens (tertiary/aromatic N) is 3. The van der Waals surface area contributed by atoms with Crippen LogP contribution in [0.15, 0.2) is 40.9 Å². The summed E-state index contributed by atoms with van der Waals surface area (Å²) in [5.41, 5.74) is 2.27. The SMILES string of the molecule is CC1CCN(C(=O)c2cc(C3CCCN(Cc4ccccc4)C3)no2)CC1. The van der Waals surface area contributed by atoms with Crippen LogP contribution in [0.4, 0.5) is 0 Å². The topological polar surface area (TPSA) is 49.6 Å². The molecule has 2 fully saturated rings. The average Bonchev–Trinajstić information content (AvgIpc) is 3.19. The van der Waals surface area contributed by atoms with E-state index in [1.54, 1.807) is 0 Å². The standard InChI is InChI=1S/C22H29N3O2/c1-17-9-12-25(13-10-17)22(26)21-14-20(23-27-21)19-8-5-11-24(16-19)15-18-6-3-2-4-7-18/h2-4,6-7,14,17,19H,5,8-13,15-16H2,1H3. The minimum atomic E-state index is -0.00222. The van der Waals surface area contributed by atoms with E-state index >= 15 is 0 Å². The smallest absolute Gasteiger partial charge is 0.292 e. The highest BCUT2D eigenvalue weighted by Gasteiger charge is 2.28.